The van der Waals surface area contributed by atoms with Crippen LogP contribution in [0, 0.1) is 0 Å². The fraction of sp³-hybridized carbons (Fsp3) is 0.235. The van der Waals surface area contributed by atoms with Gasteiger partial charge in [-0.15, -0.1) is 13.2 Å². The lowest BCUT2D eigenvalue weighted by atomic mass is 10.2. The first kappa shape index (κ1) is 15.5. The zero-order chi connectivity index (χ0) is 15.1. The summed E-state index contributed by atoms with van der Waals surface area (Å²) in [6.07, 6.45) is 5.62. The van der Waals surface area contributed by atoms with E-state index in [9.17, 15) is 0 Å². The highest BCUT2D eigenvalue weighted by molar-refractivity contribution is 6.31. The number of hydrogen-bond donors (Lipinski definition) is 1. The van der Waals surface area contributed by atoms with Crippen LogP contribution in [0.3, 0.4) is 0 Å². The highest BCUT2D eigenvalue weighted by Crippen LogP contribution is 2.24. The van der Waals surface area contributed by atoms with Crippen LogP contribution in [0.25, 0.3) is 10.9 Å². The maximum absolute atomic E-state index is 6.00. The molecule has 2 rings (SSSR count). The van der Waals surface area contributed by atoms with Gasteiger partial charge in [-0.25, -0.2) is 0 Å². The summed E-state index contributed by atoms with van der Waals surface area (Å²) in [4.78, 5) is 6.61. The SMILES string of the molecule is C=CCN(CC=C)CCNc1ccnc2cc(Cl)ccc12. The van der Waals surface area contributed by atoms with Crippen molar-refractivity contribution in [3.05, 3.63) is 60.8 Å². The Kier molecular flexibility index (Phi) is 5.78. The first-order valence-corrected chi connectivity index (χ1v) is 7.34. The molecule has 1 N–H and O–H groups in total. The van der Waals surface area contributed by atoms with Crippen molar-refractivity contribution in [1.82, 2.24) is 9.88 Å². The fourth-order valence-corrected chi connectivity index (χ4v) is 2.41. The molecule has 3 nitrogen and oxygen atoms in total. The van der Waals surface area contributed by atoms with Gasteiger partial charge in [-0.1, -0.05) is 23.8 Å². The first-order chi connectivity index (χ1) is 10.2. The van der Waals surface area contributed by atoms with Crippen molar-refractivity contribution in [2.75, 3.05) is 31.5 Å². The lowest BCUT2D eigenvalue weighted by Crippen LogP contribution is -2.29. The van der Waals surface area contributed by atoms with Crippen LogP contribution in [0.15, 0.2) is 55.8 Å². The number of nitrogens with zero attached hydrogens (tertiary/aromatic N) is 2. The zero-order valence-electron chi connectivity index (χ0n) is 12.1. The fourth-order valence-electron chi connectivity index (χ4n) is 2.25. The van der Waals surface area contributed by atoms with Crippen molar-refractivity contribution in [3.8, 4) is 0 Å². The van der Waals surface area contributed by atoms with Crippen LogP contribution in [-0.2, 0) is 0 Å². The van der Waals surface area contributed by atoms with Crippen LogP contribution >= 0.6 is 11.6 Å². The molecular weight excluding hydrogens is 282 g/mol. The highest BCUT2D eigenvalue weighted by atomic mass is 35.5. The summed E-state index contributed by atoms with van der Waals surface area (Å²) in [6.45, 7) is 11.1. The molecule has 0 bridgehead atoms. The molecule has 4 heteroatoms. The number of pyridine rings is 1. The summed E-state index contributed by atoms with van der Waals surface area (Å²) in [5.74, 6) is 0. The predicted octanol–water partition coefficient (Wildman–Crippen LogP) is 3.97. The molecule has 110 valence electrons. The Morgan fingerprint density at radius 1 is 1.19 bits per heavy atom. The van der Waals surface area contributed by atoms with E-state index in [-0.39, 0.29) is 0 Å². The van der Waals surface area contributed by atoms with Crippen molar-refractivity contribution < 1.29 is 0 Å². The smallest absolute Gasteiger partial charge is 0.0737 e. The van der Waals surface area contributed by atoms with Gasteiger partial charge in [0.05, 0.1) is 5.52 Å². The van der Waals surface area contributed by atoms with E-state index in [0.29, 0.717) is 5.02 Å². The third-order valence-corrected chi connectivity index (χ3v) is 3.46. The number of aromatic nitrogens is 1. The van der Waals surface area contributed by atoms with Crippen molar-refractivity contribution in [3.63, 3.8) is 0 Å². The van der Waals surface area contributed by atoms with Crippen molar-refractivity contribution in [1.29, 1.82) is 0 Å². The number of anilines is 1. The Bertz CT molecular complexity index is 614. The Morgan fingerprint density at radius 2 is 1.95 bits per heavy atom. The number of hydrogen-bond acceptors (Lipinski definition) is 3. The van der Waals surface area contributed by atoms with Crippen LogP contribution in [0.5, 0.6) is 0 Å². The Balaban J connectivity index is 2.03. The average Bonchev–Trinajstić information content (AvgIpc) is 2.47. The van der Waals surface area contributed by atoms with E-state index in [4.69, 9.17) is 11.6 Å². The summed E-state index contributed by atoms with van der Waals surface area (Å²) in [7, 11) is 0. The van der Waals surface area contributed by atoms with Crippen molar-refractivity contribution >= 4 is 28.2 Å². The lowest BCUT2D eigenvalue weighted by molar-refractivity contribution is 0.349. The van der Waals surface area contributed by atoms with Gasteiger partial charge < -0.3 is 5.32 Å². The van der Waals surface area contributed by atoms with E-state index in [1.54, 1.807) is 6.20 Å². The summed E-state index contributed by atoms with van der Waals surface area (Å²) in [5.41, 5.74) is 1.98. The van der Waals surface area contributed by atoms with Crippen LogP contribution in [0.4, 0.5) is 5.69 Å². The van der Waals surface area contributed by atoms with E-state index < -0.39 is 0 Å². The van der Waals surface area contributed by atoms with E-state index in [1.807, 2.05) is 36.4 Å². The topological polar surface area (TPSA) is 28.2 Å². The van der Waals surface area contributed by atoms with Gasteiger partial charge in [-0.05, 0) is 24.3 Å². The molecule has 0 aliphatic carbocycles. The van der Waals surface area contributed by atoms with Crippen LogP contribution in [-0.4, -0.2) is 36.1 Å². The summed E-state index contributed by atoms with van der Waals surface area (Å²) < 4.78 is 0. The second-order valence-corrected chi connectivity index (χ2v) is 5.22. The molecule has 0 aliphatic rings. The molecule has 0 radical (unpaired) electrons. The molecule has 0 unspecified atom stereocenters. The summed E-state index contributed by atoms with van der Waals surface area (Å²) in [5, 5.41) is 5.25. The Morgan fingerprint density at radius 3 is 2.67 bits per heavy atom. The molecule has 0 fully saturated rings. The largest absolute Gasteiger partial charge is 0.383 e. The first-order valence-electron chi connectivity index (χ1n) is 6.97. The molecule has 0 amide bonds. The lowest BCUT2D eigenvalue weighted by Gasteiger charge is -2.19. The normalized spacial score (nSPS) is 10.8. The third-order valence-electron chi connectivity index (χ3n) is 3.22. The van der Waals surface area contributed by atoms with E-state index in [1.165, 1.54) is 0 Å². The van der Waals surface area contributed by atoms with E-state index in [0.717, 1.165) is 42.8 Å². The van der Waals surface area contributed by atoms with E-state index in [2.05, 4.69) is 28.4 Å². The standard InChI is InChI=1S/C17H20ClN3/c1-3-10-21(11-4-2)12-9-20-16-7-8-19-17-13-14(18)5-6-15(16)17/h3-8,13H,1-2,9-12H2,(H,19,20). The molecule has 0 atom stereocenters. The molecule has 1 aromatic heterocycles. The summed E-state index contributed by atoms with van der Waals surface area (Å²) in [6, 6.07) is 7.75. The van der Waals surface area contributed by atoms with Crippen LogP contribution in [0.2, 0.25) is 5.02 Å². The number of benzene rings is 1. The quantitative estimate of drug-likeness (QED) is 0.748. The second-order valence-electron chi connectivity index (χ2n) is 4.78. The van der Waals surface area contributed by atoms with Gasteiger partial charge in [0.1, 0.15) is 0 Å². The number of nitrogens with one attached hydrogen (secondary N) is 1. The molecule has 21 heavy (non-hydrogen) atoms. The minimum absolute atomic E-state index is 0.704. The Labute approximate surface area is 130 Å². The molecule has 1 aromatic carbocycles. The molecular formula is C17H20ClN3. The zero-order valence-corrected chi connectivity index (χ0v) is 12.8. The molecule has 0 saturated carbocycles. The average molecular weight is 302 g/mol. The van der Waals surface area contributed by atoms with Crippen LogP contribution < -0.4 is 5.32 Å². The molecule has 0 aliphatic heterocycles. The second kappa shape index (κ2) is 7.81. The number of halogens is 1. The predicted molar refractivity (Wildman–Crippen MR) is 92.1 cm³/mol. The summed E-state index contributed by atoms with van der Waals surface area (Å²) >= 11 is 6.00. The van der Waals surface area contributed by atoms with Gasteiger partial charge in [0, 0.05) is 48.5 Å². The molecule has 0 spiro atoms. The monoisotopic (exact) mass is 301 g/mol. The maximum atomic E-state index is 6.00. The number of rotatable bonds is 8. The number of fused-ring (bicyclic) bond motifs is 1. The highest BCUT2D eigenvalue weighted by Gasteiger charge is 2.04. The van der Waals surface area contributed by atoms with Gasteiger partial charge >= 0.3 is 0 Å². The van der Waals surface area contributed by atoms with Gasteiger partial charge in [0.15, 0.2) is 0 Å². The van der Waals surface area contributed by atoms with Gasteiger partial charge in [0.2, 0.25) is 0 Å². The van der Waals surface area contributed by atoms with Crippen molar-refractivity contribution in [2.45, 2.75) is 0 Å². The maximum Gasteiger partial charge on any atom is 0.0737 e. The van der Waals surface area contributed by atoms with Crippen LogP contribution in [0.1, 0.15) is 0 Å². The minimum Gasteiger partial charge on any atom is -0.383 e. The van der Waals surface area contributed by atoms with E-state index >= 15 is 0 Å². The third kappa shape index (κ3) is 4.31. The van der Waals surface area contributed by atoms with Gasteiger partial charge in [-0.3, -0.25) is 9.88 Å². The Hall–Kier alpha value is -1.84. The molecule has 1 heterocycles. The molecule has 0 saturated heterocycles. The van der Waals surface area contributed by atoms with Gasteiger partial charge in [-0.2, -0.15) is 0 Å². The molecule has 2 aromatic rings. The minimum atomic E-state index is 0.704. The van der Waals surface area contributed by atoms with Crippen molar-refractivity contribution in [2.24, 2.45) is 0 Å². The van der Waals surface area contributed by atoms with Gasteiger partial charge in [0.25, 0.3) is 0 Å².